The summed E-state index contributed by atoms with van der Waals surface area (Å²) >= 11 is 6.13. The second-order valence-electron chi connectivity index (χ2n) is 5.69. The van der Waals surface area contributed by atoms with Crippen molar-refractivity contribution in [3.05, 3.63) is 41.2 Å². The fraction of sp³-hybridized carbons (Fsp3) is 0.176. The number of nitrogens with one attached hydrogen (secondary N) is 1. The number of carboxylic acids is 1. The molecule has 3 aromatic heterocycles. The second-order valence-corrected chi connectivity index (χ2v) is 6.13. The summed E-state index contributed by atoms with van der Waals surface area (Å²) in [6, 6.07) is 5.57. The molecule has 0 saturated carbocycles. The highest BCUT2D eigenvalue weighted by molar-refractivity contribution is 6.31. The number of rotatable bonds is 4. The zero-order valence-electron chi connectivity index (χ0n) is 13.3. The third-order valence-electron chi connectivity index (χ3n) is 4.00. The molecule has 4 aromatic rings. The fourth-order valence-corrected chi connectivity index (χ4v) is 3.05. The minimum atomic E-state index is -1.05. The van der Waals surface area contributed by atoms with Gasteiger partial charge in [0.05, 0.1) is 11.7 Å². The summed E-state index contributed by atoms with van der Waals surface area (Å²) in [6.45, 7) is 2.82. The van der Waals surface area contributed by atoms with Crippen LogP contribution in [0.25, 0.3) is 33.5 Å². The number of aryl methyl sites for hydroxylation is 1. The average Bonchev–Trinajstić information content (AvgIpc) is 3.16. The largest absolute Gasteiger partial charge is 0.478 e. The van der Waals surface area contributed by atoms with Crippen molar-refractivity contribution in [2.75, 3.05) is 0 Å². The maximum absolute atomic E-state index is 11.3. The van der Waals surface area contributed by atoms with Gasteiger partial charge in [-0.3, -0.25) is 4.68 Å². The molecule has 0 saturated heterocycles. The van der Waals surface area contributed by atoms with Gasteiger partial charge in [-0.2, -0.15) is 5.10 Å². The van der Waals surface area contributed by atoms with Crippen LogP contribution in [0, 0.1) is 0 Å². The molecule has 0 aliphatic carbocycles. The number of fused-ring (bicyclic) bond motifs is 2. The van der Waals surface area contributed by atoms with E-state index in [4.69, 9.17) is 11.6 Å². The molecule has 2 N–H and O–H groups in total. The number of nitrogens with zero attached hydrogens (tertiary/aromatic N) is 4. The van der Waals surface area contributed by atoms with E-state index in [0.29, 0.717) is 27.6 Å². The van der Waals surface area contributed by atoms with E-state index in [0.717, 1.165) is 23.9 Å². The van der Waals surface area contributed by atoms with Gasteiger partial charge in [-0.05, 0) is 24.6 Å². The lowest BCUT2D eigenvalue weighted by atomic mass is 10.1. The Morgan fingerprint density at radius 3 is 3.00 bits per heavy atom. The van der Waals surface area contributed by atoms with Crippen LogP contribution in [0.2, 0.25) is 5.02 Å². The van der Waals surface area contributed by atoms with Gasteiger partial charge < -0.3 is 10.1 Å². The van der Waals surface area contributed by atoms with Crippen molar-refractivity contribution in [3.8, 4) is 11.4 Å². The third kappa shape index (κ3) is 2.53. The Balaban J connectivity index is 1.96. The van der Waals surface area contributed by atoms with E-state index < -0.39 is 5.97 Å². The Morgan fingerprint density at radius 1 is 1.40 bits per heavy atom. The molecule has 4 rings (SSSR count). The van der Waals surface area contributed by atoms with Gasteiger partial charge in [0.25, 0.3) is 0 Å². The molecule has 126 valence electrons. The number of carbonyl (C=O) groups is 1. The maximum Gasteiger partial charge on any atom is 0.339 e. The van der Waals surface area contributed by atoms with E-state index in [-0.39, 0.29) is 5.56 Å². The van der Waals surface area contributed by atoms with Crippen LogP contribution >= 0.6 is 11.6 Å². The molecule has 0 aliphatic rings. The van der Waals surface area contributed by atoms with Crippen molar-refractivity contribution in [1.29, 1.82) is 0 Å². The summed E-state index contributed by atoms with van der Waals surface area (Å²) in [7, 11) is 0. The number of aromatic carboxylic acids is 1. The minimum absolute atomic E-state index is 0.0877. The van der Waals surface area contributed by atoms with Crippen molar-refractivity contribution in [3.63, 3.8) is 0 Å². The first-order valence-corrected chi connectivity index (χ1v) is 8.20. The topological polar surface area (TPSA) is 96.7 Å². The van der Waals surface area contributed by atoms with Crippen LogP contribution in [0.15, 0.2) is 30.6 Å². The molecule has 0 amide bonds. The lowest BCUT2D eigenvalue weighted by Crippen LogP contribution is -1.99. The molecule has 25 heavy (non-hydrogen) atoms. The van der Waals surface area contributed by atoms with E-state index in [1.807, 2.05) is 16.8 Å². The van der Waals surface area contributed by atoms with E-state index >= 15 is 0 Å². The lowest BCUT2D eigenvalue weighted by Gasteiger charge is -1.99. The first-order valence-electron chi connectivity index (χ1n) is 7.82. The van der Waals surface area contributed by atoms with Gasteiger partial charge in [0.1, 0.15) is 22.5 Å². The quantitative estimate of drug-likeness (QED) is 0.581. The molecule has 1 aromatic carbocycles. The Morgan fingerprint density at radius 2 is 2.24 bits per heavy atom. The standard InChI is InChI=1S/C17H14ClN5O2/c1-2-5-23-13-6-9(18)3-4-10(13)14(22-23)12-8-20-16-15(21-12)11(7-19-16)17(24)25/h3-4,6-8H,2,5H2,1H3,(H,19,20)(H,24,25). The SMILES string of the molecule is CCCn1nc(-c2cnc3[nH]cc(C(=O)O)c3n2)c2ccc(Cl)cc21. The molecular formula is C17H14ClN5O2. The first-order chi connectivity index (χ1) is 12.1. The zero-order chi connectivity index (χ0) is 17.6. The number of aromatic amines is 1. The minimum Gasteiger partial charge on any atom is -0.478 e. The highest BCUT2D eigenvalue weighted by Crippen LogP contribution is 2.30. The van der Waals surface area contributed by atoms with Crippen molar-refractivity contribution < 1.29 is 9.90 Å². The van der Waals surface area contributed by atoms with Crippen LogP contribution in [0.3, 0.4) is 0 Å². The molecule has 8 heteroatoms. The third-order valence-corrected chi connectivity index (χ3v) is 4.24. The summed E-state index contributed by atoms with van der Waals surface area (Å²) in [5.41, 5.74) is 2.94. The monoisotopic (exact) mass is 355 g/mol. The average molecular weight is 356 g/mol. The van der Waals surface area contributed by atoms with Crippen LogP contribution in [-0.2, 0) is 6.54 Å². The highest BCUT2D eigenvalue weighted by Gasteiger charge is 2.18. The number of aromatic nitrogens is 5. The van der Waals surface area contributed by atoms with Crippen LogP contribution in [0.5, 0.6) is 0 Å². The first kappa shape index (κ1) is 15.6. The van der Waals surface area contributed by atoms with Gasteiger partial charge in [-0.25, -0.2) is 14.8 Å². The van der Waals surface area contributed by atoms with Crippen molar-refractivity contribution in [1.82, 2.24) is 24.7 Å². The molecular weight excluding hydrogens is 342 g/mol. The molecule has 0 spiro atoms. The van der Waals surface area contributed by atoms with Gasteiger partial charge in [0, 0.05) is 23.2 Å². The molecule has 0 aliphatic heterocycles. The number of H-pyrrole nitrogens is 1. The van der Waals surface area contributed by atoms with E-state index in [2.05, 4.69) is 27.0 Å². The summed E-state index contributed by atoms with van der Waals surface area (Å²) in [5, 5.41) is 15.5. The zero-order valence-corrected chi connectivity index (χ0v) is 14.1. The van der Waals surface area contributed by atoms with Crippen LogP contribution < -0.4 is 0 Å². The molecule has 3 heterocycles. The highest BCUT2D eigenvalue weighted by atomic mass is 35.5. The Kier molecular flexibility index (Phi) is 3.65. The Bertz CT molecular complexity index is 1120. The van der Waals surface area contributed by atoms with E-state index in [1.54, 1.807) is 12.3 Å². The predicted octanol–water partition coefficient (Wildman–Crippen LogP) is 3.74. The van der Waals surface area contributed by atoms with E-state index in [1.165, 1.54) is 6.20 Å². The Hall–Kier alpha value is -2.93. The molecule has 0 bridgehead atoms. The van der Waals surface area contributed by atoms with Crippen molar-refractivity contribution in [2.24, 2.45) is 0 Å². The maximum atomic E-state index is 11.3. The van der Waals surface area contributed by atoms with Gasteiger partial charge in [-0.15, -0.1) is 0 Å². The molecule has 0 radical (unpaired) electrons. The number of hydrogen-bond acceptors (Lipinski definition) is 4. The molecule has 0 atom stereocenters. The van der Waals surface area contributed by atoms with Gasteiger partial charge >= 0.3 is 5.97 Å². The van der Waals surface area contributed by atoms with Gasteiger partial charge in [0.15, 0.2) is 5.65 Å². The molecule has 7 nitrogen and oxygen atoms in total. The number of benzene rings is 1. The molecule has 0 unspecified atom stereocenters. The van der Waals surface area contributed by atoms with Crippen LogP contribution in [-0.4, -0.2) is 35.8 Å². The summed E-state index contributed by atoms with van der Waals surface area (Å²) in [5.74, 6) is -1.05. The normalized spacial score (nSPS) is 11.4. The van der Waals surface area contributed by atoms with Crippen LogP contribution in [0.1, 0.15) is 23.7 Å². The smallest absolute Gasteiger partial charge is 0.339 e. The van der Waals surface area contributed by atoms with Crippen molar-refractivity contribution >= 4 is 39.6 Å². The second kappa shape index (κ2) is 5.86. The lowest BCUT2D eigenvalue weighted by molar-refractivity contribution is 0.0699. The summed E-state index contributed by atoms with van der Waals surface area (Å²) in [6.07, 6.45) is 3.91. The van der Waals surface area contributed by atoms with Gasteiger partial charge in [-0.1, -0.05) is 18.5 Å². The number of hydrogen-bond donors (Lipinski definition) is 2. The van der Waals surface area contributed by atoms with Crippen LogP contribution in [0.4, 0.5) is 0 Å². The summed E-state index contributed by atoms with van der Waals surface area (Å²) in [4.78, 5) is 22.9. The van der Waals surface area contributed by atoms with E-state index in [9.17, 15) is 9.90 Å². The molecule has 0 fully saturated rings. The summed E-state index contributed by atoms with van der Waals surface area (Å²) < 4.78 is 1.89. The van der Waals surface area contributed by atoms with Crippen molar-refractivity contribution in [2.45, 2.75) is 19.9 Å². The fourth-order valence-electron chi connectivity index (χ4n) is 2.89. The Labute approximate surface area is 147 Å². The van der Waals surface area contributed by atoms with Gasteiger partial charge in [0.2, 0.25) is 0 Å². The number of halogens is 1. The number of carboxylic acid groups (broad SMARTS) is 1. The predicted molar refractivity (Wildman–Crippen MR) is 94.9 cm³/mol.